The zero-order valence-electron chi connectivity index (χ0n) is 15.6. The summed E-state index contributed by atoms with van der Waals surface area (Å²) in [5.41, 5.74) is 5.88. The van der Waals surface area contributed by atoms with Crippen LogP contribution in [0.25, 0.3) is 0 Å². The van der Waals surface area contributed by atoms with E-state index in [1.54, 1.807) is 30.3 Å². The van der Waals surface area contributed by atoms with Gasteiger partial charge in [0.15, 0.2) is 6.10 Å². The van der Waals surface area contributed by atoms with Gasteiger partial charge >= 0.3 is 12.1 Å². The summed E-state index contributed by atoms with van der Waals surface area (Å²) in [6.45, 7) is 5.56. The minimum Gasteiger partial charge on any atom is -0.479 e. The molecule has 1 aliphatic rings. The number of carbonyl (C=O) groups excluding carboxylic acids is 1. The van der Waals surface area contributed by atoms with E-state index >= 15 is 0 Å². The van der Waals surface area contributed by atoms with Crippen LogP contribution in [0, 0.1) is 0 Å². The van der Waals surface area contributed by atoms with Gasteiger partial charge < -0.3 is 26.0 Å². The first-order chi connectivity index (χ1) is 12.1. The van der Waals surface area contributed by atoms with Crippen molar-refractivity contribution in [2.24, 2.45) is 5.73 Å². The van der Waals surface area contributed by atoms with Crippen molar-refractivity contribution >= 4 is 12.1 Å². The third-order valence-electron chi connectivity index (χ3n) is 3.87. The number of amides is 1. The van der Waals surface area contributed by atoms with Crippen molar-refractivity contribution in [1.29, 1.82) is 0 Å². The predicted molar refractivity (Wildman–Crippen MR) is 98.6 cm³/mol. The smallest absolute Gasteiger partial charge is 0.407 e. The number of aliphatic hydroxyl groups excluding tert-OH is 1. The third kappa shape index (κ3) is 8.31. The average molecular weight is 366 g/mol. The van der Waals surface area contributed by atoms with Gasteiger partial charge in [-0.15, -0.1) is 0 Å². The zero-order valence-corrected chi connectivity index (χ0v) is 15.6. The Bertz CT molecular complexity index is 571. The molecule has 1 amide bonds. The van der Waals surface area contributed by atoms with Crippen LogP contribution in [0.2, 0.25) is 0 Å². The Morgan fingerprint density at radius 2 is 1.77 bits per heavy atom. The van der Waals surface area contributed by atoms with Crippen molar-refractivity contribution in [3.05, 3.63) is 35.9 Å². The molecular weight excluding hydrogens is 336 g/mol. The fourth-order valence-corrected chi connectivity index (χ4v) is 2.58. The van der Waals surface area contributed by atoms with Gasteiger partial charge in [0.25, 0.3) is 0 Å². The first kappa shape index (κ1) is 21.9. The lowest BCUT2D eigenvalue weighted by molar-refractivity contribution is -0.146. The summed E-state index contributed by atoms with van der Waals surface area (Å²) >= 11 is 0. The molecule has 0 aromatic heterocycles. The predicted octanol–water partition coefficient (Wildman–Crippen LogP) is 2.59. The van der Waals surface area contributed by atoms with Gasteiger partial charge in [-0.2, -0.15) is 0 Å². The summed E-state index contributed by atoms with van der Waals surface area (Å²) in [6.07, 6.45) is 2.48. The quantitative estimate of drug-likeness (QED) is 0.652. The number of rotatable bonds is 3. The summed E-state index contributed by atoms with van der Waals surface area (Å²) in [4.78, 5) is 21.7. The molecule has 5 N–H and O–H groups in total. The lowest BCUT2D eigenvalue weighted by Crippen LogP contribution is -2.50. The Hall–Kier alpha value is -2.12. The van der Waals surface area contributed by atoms with E-state index in [-0.39, 0.29) is 18.2 Å². The number of hydrogen-bond acceptors (Lipinski definition) is 5. The molecule has 1 aromatic carbocycles. The van der Waals surface area contributed by atoms with Crippen LogP contribution in [0.1, 0.15) is 58.1 Å². The first-order valence-corrected chi connectivity index (χ1v) is 8.81. The van der Waals surface area contributed by atoms with Crippen LogP contribution in [0.15, 0.2) is 30.3 Å². The summed E-state index contributed by atoms with van der Waals surface area (Å²) in [6, 6.07) is 8.42. The molecule has 26 heavy (non-hydrogen) atoms. The molecule has 7 heteroatoms. The summed E-state index contributed by atoms with van der Waals surface area (Å²) < 4.78 is 5.18. The first-order valence-electron chi connectivity index (χ1n) is 8.81. The van der Waals surface area contributed by atoms with Crippen molar-refractivity contribution in [3.63, 3.8) is 0 Å². The fourth-order valence-electron chi connectivity index (χ4n) is 2.58. The largest absolute Gasteiger partial charge is 0.479 e. The summed E-state index contributed by atoms with van der Waals surface area (Å²) in [5.74, 6) is -1.23. The van der Waals surface area contributed by atoms with Crippen LogP contribution >= 0.6 is 0 Å². The molecule has 0 radical (unpaired) electrons. The topological polar surface area (TPSA) is 122 Å². The number of nitrogens with one attached hydrogen (secondary N) is 1. The zero-order chi connectivity index (χ0) is 19.7. The fraction of sp³-hybridized carbons (Fsp3) is 0.579. The SMILES string of the molecule is CC(C)(C)OC(=O)N[C@H]1CCCC[C@@H]1N.O=C(O)[C@H](O)c1ccccc1. The van der Waals surface area contributed by atoms with Crippen LogP contribution in [0.3, 0.4) is 0 Å². The second-order valence-electron chi connectivity index (χ2n) is 7.35. The number of ether oxygens (including phenoxy) is 1. The van der Waals surface area contributed by atoms with E-state index in [0.717, 1.165) is 25.7 Å². The minimum absolute atomic E-state index is 0.0752. The molecule has 0 saturated heterocycles. The van der Waals surface area contributed by atoms with E-state index in [4.69, 9.17) is 20.7 Å². The monoisotopic (exact) mass is 366 g/mol. The van der Waals surface area contributed by atoms with Crippen molar-refractivity contribution in [2.45, 2.75) is 70.2 Å². The second kappa shape index (κ2) is 10.1. The molecule has 0 heterocycles. The molecule has 0 spiro atoms. The van der Waals surface area contributed by atoms with Gasteiger partial charge in [0, 0.05) is 12.1 Å². The van der Waals surface area contributed by atoms with E-state index in [1.165, 1.54) is 0 Å². The van der Waals surface area contributed by atoms with Crippen LogP contribution in [-0.4, -0.2) is 40.0 Å². The van der Waals surface area contributed by atoms with Gasteiger partial charge in [-0.05, 0) is 39.2 Å². The van der Waals surface area contributed by atoms with Gasteiger partial charge in [0.1, 0.15) is 5.60 Å². The number of carbonyl (C=O) groups is 2. The lowest BCUT2D eigenvalue weighted by atomic mass is 9.91. The molecule has 146 valence electrons. The van der Waals surface area contributed by atoms with Gasteiger partial charge in [0.05, 0.1) is 0 Å². The molecule has 3 atom stereocenters. The number of benzene rings is 1. The standard InChI is InChI=1S/C11H22N2O2.C8H8O3/c1-11(2,3)15-10(14)13-9-7-5-4-6-8(9)12;9-7(8(10)11)6-4-2-1-3-5-6/h8-9H,4-7,12H2,1-3H3,(H,13,14);1-5,7,9H,(H,10,11)/t8-,9-;7-/m01/s1. The molecule has 1 saturated carbocycles. The molecule has 1 aliphatic carbocycles. The highest BCUT2D eigenvalue weighted by Gasteiger charge is 2.25. The minimum atomic E-state index is -1.41. The Labute approximate surface area is 154 Å². The highest BCUT2D eigenvalue weighted by atomic mass is 16.6. The third-order valence-corrected chi connectivity index (χ3v) is 3.87. The van der Waals surface area contributed by atoms with Crippen LogP contribution in [0.4, 0.5) is 4.79 Å². The number of hydrogen-bond donors (Lipinski definition) is 4. The van der Waals surface area contributed by atoms with E-state index in [1.807, 2.05) is 20.8 Å². The van der Waals surface area contributed by atoms with Crippen LogP contribution in [-0.2, 0) is 9.53 Å². The van der Waals surface area contributed by atoms with Crippen LogP contribution < -0.4 is 11.1 Å². The molecule has 1 aromatic rings. The highest BCUT2D eigenvalue weighted by molar-refractivity contribution is 5.73. The highest BCUT2D eigenvalue weighted by Crippen LogP contribution is 2.17. The summed E-state index contributed by atoms with van der Waals surface area (Å²) in [7, 11) is 0. The number of carboxylic acids is 1. The van der Waals surface area contributed by atoms with Crippen molar-refractivity contribution in [2.75, 3.05) is 0 Å². The molecular formula is C19H30N2O5. The van der Waals surface area contributed by atoms with Crippen molar-refractivity contribution < 1.29 is 24.5 Å². The molecule has 2 rings (SSSR count). The number of nitrogens with two attached hydrogens (primary N) is 1. The molecule has 0 unspecified atom stereocenters. The average Bonchev–Trinajstić information content (AvgIpc) is 2.56. The van der Waals surface area contributed by atoms with E-state index < -0.39 is 17.7 Å². The number of aliphatic hydroxyl groups is 1. The lowest BCUT2D eigenvalue weighted by Gasteiger charge is -2.30. The van der Waals surface area contributed by atoms with E-state index in [2.05, 4.69) is 5.32 Å². The molecule has 1 fully saturated rings. The van der Waals surface area contributed by atoms with E-state index in [9.17, 15) is 9.59 Å². The number of alkyl carbamates (subject to hydrolysis) is 1. The normalized spacial score (nSPS) is 21.0. The van der Waals surface area contributed by atoms with Gasteiger partial charge in [-0.3, -0.25) is 0 Å². The summed E-state index contributed by atoms with van der Waals surface area (Å²) in [5, 5.41) is 20.2. The van der Waals surface area contributed by atoms with Gasteiger partial charge in [-0.25, -0.2) is 9.59 Å². The molecule has 0 bridgehead atoms. The maximum atomic E-state index is 11.5. The Kier molecular flexibility index (Phi) is 8.54. The van der Waals surface area contributed by atoms with Crippen LogP contribution in [0.5, 0.6) is 0 Å². The maximum Gasteiger partial charge on any atom is 0.407 e. The van der Waals surface area contributed by atoms with Gasteiger partial charge in [0.2, 0.25) is 0 Å². The maximum absolute atomic E-state index is 11.5. The van der Waals surface area contributed by atoms with Gasteiger partial charge in [-0.1, -0.05) is 43.2 Å². The molecule has 7 nitrogen and oxygen atoms in total. The van der Waals surface area contributed by atoms with Crippen molar-refractivity contribution in [3.8, 4) is 0 Å². The Morgan fingerprint density at radius 3 is 2.27 bits per heavy atom. The number of aliphatic carboxylic acids is 1. The number of carboxylic acid groups (broad SMARTS) is 1. The van der Waals surface area contributed by atoms with E-state index in [0.29, 0.717) is 5.56 Å². The van der Waals surface area contributed by atoms with Crippen molar-refractivity contribution in [1.82, 2.24) is 5.32 Å². The Balaban J connectivity index is 0.000000273. The second-order valence-corrected chi connectivity index (χ2v) is 7.35. The molecule has 0 aliphatic heterocycles. The Morgan fingerprint density at radius 1 is 1.19 bits per heavy atom.